The summed E-state index contributed by atoms with van der Waals surface area (Å²) in [5.41, 5.74) is 0.694. The van der Waals surface area contributed by atoms with Crippen molar-refractivity contribution in [3.05, 3.63) is 53.6 Å². The van der Waals surface area contributed by atoms with E-state index in [1.807, 2.05) is 6.26 Å². The van der Waals surface area contributed by atoms with Crippen molar-refractivity contribution in [1.82, 2.24) is 0 Å². The van der Waals surface area contributed by atoms with Crippen LogP contribution in [0.15, 0.2) is 47.4 Å². The Balaban J connectivity index is 2.02. The first-order valence-corrected chi connectivity index (χ1v) is 9.09. The van der Waals surface area contributed by atoms with E-state index in [0.717, 1.165) is 4.90 Å². The van der Waals surface area contributed by atoms with Crippen molar-refractivity contribution in [1.29, 1.82) is 0 Å². The molecule has 0 atom stereocenters. The first-order valence-electron chi connectivity index (χ1n) is 7.86. The Bertz CT molecular complexity index is 852. The lowest BCUT2D eigenvalue weighted by Gasteiger charge is -2.11. The van der Waals surface area contributed by atoms with E-state index in [1.54, 1.807) is 36.4 Å². The van der Waals surface area contributed by atoms with Crippen LogP contribution in [0, 0.1) is 0 Å². The van der Waals surface area contributed by atoms with Gasteiger partial charge in [-0.15, -0.1) is 11.8 Å². The number of nitrogens with one attached hydrogen (secondary N) is 1. The maximum Gasteiger partial charge on any atom is 0.342 e. The van der Waals surface area contributed by atoms with Crippen molar-refractivity contribution in [3.8, 4) is 5.75 Å². The second-order valence-corrected chi connectivity index (χ2v) is 6.11. The van der Waals surface area contributed by atoms with Gasteiger partial charge in [-0.1, -0.05) is 12.1 Å². The molecule has 142 valence electrons. The second-order valence-electron chi connectivity index (χ2n) is 5.23. The smallest absolute Gasteiger partial charge is 0.342 e. The number of ether oxygens (including phenoxy) is 3. The number of thioether (sulfide) groups is 1. The summed E-state index contributed by atoms with van der Waals surface area (Å²) in [5.74, 6) is -1.49. The van der Waals surface area contributed by atoms with Crippen LogP contribution >= 0.6 is 11.8 Å². The van der Waals surface area contributed by atoms with Crippen LogP contribution in [0.1, 0.15) is 20.7 Å². The monoisotopic (exact) mass is 389 g/mol. The van der Waals surface area contributed by atoms with E-state index in [-0.39, 0.29) is 16.8 Å². The van der Waals surface area contributed by atoms with Gasteiger partial charge < -0.3 is 19.5 Å². The Morgan fingerprint density at radius 1 is 1.00 bits per heavy atom. The number of hydrogen-bond donors (Lipinski definition) is 1. The van der Waals surface area contributed by atoms with Crippen molar-refractivity contribution >= 4 is 35.3 Å². The molecule has 0 bridgehead atoms. The van der Waals surface area contributed by atoms with E-state index in [4.69, 9.17) is 9.47 Å². The van der Waals surface area contributed by atoms with Gasteiger partial charge in [0.15, 0.2) is 6.61 Å². The van der Waals surface area contributed by atoms with Crippen molar-refractivity contribution in [2.75, 3.05) is 32.4 Å². The molecule has 7 nitrogen and oxygen atoms in total. The molecule has 0 heterocycles. The highest BCUT2D eigenvalue weighted by atomic mass is 32.2. The molecular formula is C19H19NO6S. The molecule has 0 aromatic heterocycles. The molecule has 0 aliphatic heterocycles. The van der Waals surface area contributed by atoms with E-state index >= 15 is 0 Å². The fraction of sp³-hybridized carbons (Fsp3) is 0.211. The zero-order valence-electron chi connectivity index (χ0n) is 15.1. The van der Waals surface area contributed by atoms with Crippen LogP contribution in [0.4, 0.5) is 5.69 Å². The normalized spacial score (nSPS) is 10.0. The number of carbonyl (C=O) groups is 3. The van der Waals surface area contributed by atoms with Gasteiger partial charge >= 0.3 is 11.9 Å². The second kappa shape index (κ2) is 9.63. The highest BCUT2D eigenvalue weighted by molar-refractivity contribution is 7.98. The number of hydrogen-bond acceptors (Lipinski definition) is 7. The molecule has 0 aliphatic rings. The third kappa shape index (κ3) is 5.24. The summed E-state index contributed by atoms with van der Waals surface area (Å²) >= 11 is 1.51. The minimum Gasteiger partial charge on any atom is -0.496 e. The molecule has 2 aromatic rings. The van der Waals surface area contributed by atoms with Crippen molar-refractivity contribution in [2.45, 2.75) is 4.90 Å². The molecule has 0 aliphatic carbocycles. The summed E-state index contributed by atoms with van der Waals surface area (Å²) in [6, 6.07) is 11.4. The molecule has 2 rings (SSSR count). The van der Waals surface area contributed by atoms with E-state index in [9.17, 15) is 14.4 Å². The van der Waals surface area contributed by atoms with Crippen molar-refractivity contribution < 1.29 is 28.6 Å². The Hall–Kier alpha value is -3.00. The first kappa shape index (κ1) is 20.3. The molecule has 0 unspecified atom stereocenters. The number of benzene rings is 2. The summed E-state index contributed by atoms with van der Waals surface area (Å²) in [6.45, 7) is -0.512. The Labute approximate surface area is 161 Å². The van der Waals surface area contributed by atoms with Crippen molar-refractivity contribution in [2.24, 2.45) is 0 Å². The third-order valence-electron chi connectivity index (χ3n) is 3.57. The predicted octanol–water partition coefficient (Wildman–Crippen LogP) is 3.00. The van der Waals surface area contributed by atoms with Crippen LogP contribution < -0.4 is 10.1 Å². The average molecular weight is 389 g/mol. The van der Waals surface area contributed by atoms with Gasteiger partial charge in [-0.25, -0.2) is 9.59 Å². The summed E-state index contributed by atoms with van der Waals surface area (Å²) in [4.78, 5) is 37.0. The molecule has 27 heavy (non-hydrogen) atoms. The minimum atomic E-state index is -0.684. The molecule has 0 saturated carbocycles. The third-order valence-corrected chi connectivity index (χ3v) is 4.29. The molecule has 0 fully saturated rings. The van der Waals surface area contributed by atoms with E-state index < -0.39 is 24.5 Å². The molecule has 2 aromatic carbocycles. The number of carbonyl (C=O) groups excluding carboxylic acids is 3. The maximum atomic E-state index is 12.2. The molecule has 0 radical (unpaired) electrons. The maximum absolute atomic E-state index is 12.2. The molecule has 8 heteroatoms. The van der Waals surface area contributed by atoms with Gasteiger partial charge in [0, 0.05) is 4.90 Å². The molecule has 0 saturated heterocycles. The van der Waals surface area contributed by atoms with Gasteiger partial charge in [0.25, 0.3) is 5.91 Å². The minimum absolute atomic E-state index is 0.203. The standard InChI is InChI=1S/C19H19NO6S/c1-24-16-10-12(27-3)8-9-14(16)19(23)26-11-17(21)20-15-7-5-4-6-13(15)18(22)25-2/h4-10H,11H2,1-3H3,(H,20,21). The topological polar surface area (TPSA) is 90.9 Å². The van der Waals surface area contributed by atoms with Gasteiger partial charge in [0.2, 0.25) is 0 Å². The molecular weight excluding hydrogens is 370 g/mol. The molecule has 0 spiro atoms. The summed E-state index contributed by atoms with van der Waals surface area (Å²) in [6.07, 6.45) is 1.91. The van der Waals surface area contributed by atoms with Gasteiger partial charge in [-0.05, 0) is 36.6 Å². The van der Waals surface area contributed by atoms with Gasteiger partial charge in [-0.2, -0.15) is 0 Å². The van der Waals surface area contributed by atoms with Gasteiger partial charge in [-0.3, -0.25) is 4.79 Å². The average Bonchev–Trinajstić information content (AvgIpc) is 2.71. The number of para-hydroxylation sites is 1. The number of methoxy groups -OCH3 is 2. The van der Waals surface area contributed by atoms with Crippen LogP contribution in [-0.4, -0.2) is 44.9 Å². The fourth-order valence-electron chi connectivity index (χ4n) is 2.24. The SMILES string of the molecule is COC(=O)c1ccccc1NC(=O)COC(=O)c1ccc(SC)cc1OC. The quantitative estimate of drug-likeness (QED) is 0.575. The van der Waals surface area contributed by atoms with Crippen LogP contribution in [0.3, 0.4) is 0 Å². The Morgan fingerprint density at radius 2 is 1.74 bits per heavy atom. The lowest BCUT2D eigenvalue weighted by molar-refractivity contribution is -0.119. The Kier molecular flexibility index (Phi) is 7.25. The molecule has 1 N–H and O–H groups in total. The lowest BCUT2D eigenvalue weighted by atomic mass is 10.2. The first-order chi connectivity index (χ1) is 13.0. The highest BCUT2D eigenvalue weighted by Gasteiger charge is 2.17. The number of esters is 2. The van der Waals surface area contributed by atoms with Crippen LogP contribution in [0.25, 0.3) is 0 Å². The predicted molar refractivity (Wildman–Crippen MR) is 101 cm³/mol. The number of anilines is 1. The Morgan fingerprint density at radius 3 is 2.41 bits per heavy atom. The summed E-state index contributed by atoms with van der Waals surface area (Å²) < 4.78 is 14.9. The van der Waals surface area contributed by atoms with Crippen LogP contribution in [0.5, 0.6) is 5.75 Å². The van der Waals surface area contributed by atoms with Gasteiger partial charge in [0.05, 0.1) is 25.5 Å². The summed E-state index contributed by atoms with van der Waals surface area (Å²) in [5, 5.41) is 2.53. The largest absolute Gasteiger partial charge is 0.496 e. The number of amides is 1. The zero-order valence-corrected chi connectivity index (χ0v) is 15.9. The van der Waals surface area contributed by atoms with Gasteiger partial charge in [0.1, 0.15) is 11.3 Å². The fourth-order valence-corrected chi connectivity index (χ4v) is 2.67. The van der Waals surface area contributed by atoms with Crippen LogP contribution in [-0.2, 0) is 14.3 Å². The molecule has 1 amide bonds. The van der Waals surface area contributed by atoms with E-state index in [2.05, 4.69) is 10.1 Å². The number of rotatable bonds is 7. The summed E-state index contributed by atoms with van der Waals surface area (Å²) in [7, 11) is 2.70. The zero-order chi connectivity index (χ0) is 19.8. The van der Waals surface area contributed by atoms with E-state index in [0.29, 0.717) is 5.75 Å². The van der Waals surface area contributed by atoms with Crippen molar-refractivity contribution in [3.63, 3.8) is 0 Å². The van der Waals surface area contributed by atoms with Crippen LogP contribution in [0.2, 0.25) is 0 Å². The lowest BCUT2D eigenvalue weighted by Crippen LogP contribution is -2.22. The van der Waals surface area contributed by atoms with E-state index in [1.165, 1.54) is 32.0 Å². The highest BCUT2D eigenvalue weighted by Crippen LogP contribution is 2.26.